The molecule has 1 aromatic rings. The number of rotatable bonds is 6. The number of carbonyl (C=O) groups is 2. The number of halogens is 1. The molecule has 1 aliphatic heterocycles. The molecule has 0 saturated carbocycles. The third-order valence-electron chi connectivity index (χ3n) is 4.22. The van der Waals surface area contributed by atoms with E-state index in [2.05, 4.69) is 26.2 Å². The summed E-state index contributed by atoms with van der Waals surface area (Å²) in [7, 11) is 0. The first kappa shape index (κ1) is 20.6. The topological polar surface area (TPSA) is 97.8 Å². The smallest absolute Gasteiger partial charge is 0.404 e. The van der Waals surface area contributed by atoms with E-state index in [1.807, 2.05) is 26.8 Å². The van der Waals surface area contributed by atoms with Crippen molar-refractivity contribution in [3.05, 3.63) is 28.0 Å². The van der Waals surface area contributed by atoms with E-state index in [4.69, 9.17) is 9.47 Å². The largest absolute Gasteiger partial charge is 0.465 e. The van der Waals surface area contributed by atoms with Crippen LogP contribution in [0.3, 0.4) is 0 Å². The van der Waals surface area contributed by atoms with Gasteiger partial charge < -0.3 is 19.9 Å². The number of hydrogen-bond acceptors (Lipinski definition) is 5. The van der Waals surface area contributed by atoms with Gasteiger partial charge in [-0.3, -0.25) is 4.98 Å². The monoisotopic (exact) mass is 428 g/mol. The fourth-order valence-corrected chi connectivity index (χ4v) is 3.51. The molecule has 2 heterocycles. The zero-order valence-corrected chi connectivity index (χ0v) is 17.2. The zero-order chi connectivity index (χ0) is 19.7. The Morgan fingerprint density at radius 1 is 1.42 bits per heavy atom. The Labute approximate surface area is 161 Å². The second kappa shape index (κ2) is 7.52. The van der Waals surface area contributed by atoms with E-state index in [-0.39, 0.29) is 12.3 Å². The molecule has 1 aliphatic rings. The van der Waals surface area contributed by atoms with Gasteiger partial charge in [0.25, 0.3) is 0 Å². The van der Waals surface area contributed by atoms with E-state index >= 15 is 0 Å². The first-order chi connectivity index (χ1) is 11.9. The van der Waals surface area contributed by atoms with Crippen LogP contribution in [0.15, 0.2) is 16.7 Å². The molecule has 1 amide bonds. The van der Waals surface area contributed by atoms with Crippen LogP contribution in [-0.2, 0) is 20.7 Å². The van der Waals surface area contributed by atoms with Crippen molar-refractivity contribution in [3.8, 4) is 0 Å². The summed E-state index contributed by atoms with van der Waals surface area (Å²) in [6, 6.07) is 1.04. The fraction of sp³-hybridized carbons (Fsp3) is 0.611. The van der Waals surface area contributed by atoms with Crippen LogP contribution in [0.1, 0.15) is 45.4 Å². The van der Waals surface area contributed by atoms with E-state index in [1.54, 1.807) is 20.0 Å². The number of carboxylic acid groups (broad SMARTS) is 1. The van der Waals surface area contributed by atoms with Gasteiger partial charge in [-0.05, 0) is 30.9 Å². The maximum absolute atomic E-state index is 12.9. The normalized spacial score (nSPS) is 23.0. The highest BCUT2D eigenvalue weighted by Gasteiger charge is 2.59. The molecule has 144 valence electrons. The standard InChI is InChI=1S/C18H25BrN2O5/c1-10(2)6-14(21-16(23)24)18(15(22)25-17(4,5)26-18)8-12-7-13(19)11(3)9-20-12/h7,9-10,14,21H,6,8H2,1-5H3,(H,23,24)/t14-,18+/m0/s1. The van der Waals surface area contributed by atoms with Crippen LogP contribution >= 0.6 is 15.9 Å². The Hall–Kier alpha value is -1.67. The third kappa shape index (κ3) is 4.54. The molecule has 8 heteroatoms. The molecule has 0 radical (unpaired) electrons. The summed E-state index contributed by atoms with van der Waals surface area (Å²) < 4.78 is 12.3. The average Bonchev–Trinajstić information content (AvgIpc) is 2.71. The van der Waals surface area contributed by atoms with Gasteiger partial charge in [-0.2, -0.15) is 0 Å². The van der Waals surface area contributed by atoms with Gasteiger partial charge in [-0.25, -0.2) is 9.59 Å². The van der Waals surface area contributed by atoms with E-state index in [1.165, 1.54) is 0 Å². The Balaban J connectivity index is 2.48. The number of cyclic esters (lactones) is 1. The quantitative estimate of drug-likeness (QED) is 0.673. The van der Waals surface area contributed by atoms with Crippen LogP contribution in [0.5, 0.6) is 0 Å². The van der Waals surface area contributed by atoms with E-state index in [9.17, 15) is 14.7 Å². The number of pyridine rings is 1. The van der Waals surface area contributed by atoms with Crippen molar-refractivity contribution in [2.24, 2.45) is 5.92 Å². The molecule has 0 aliphatic carbocycles. The van der Waals surface area contributed by atoms with Crippen molar-refractivity contribution in [3.63, 3.8) is 0 Å². The molecular weight excluding hydrogens is 404 g/mol. The molecular formula is C18H25BrN2O5. The van der Waals surface area contributed by atoms with Crippen molar-refractivity contribution in [1.82, 2.24) is 10.3 Å². The highest BCUT2D eigenvalue weighted by molar-refractivity contribution is 9.10. The summed E-state index contributed by atoms with van der Waals surface area (Å²) in [6.45, 7) is 9.09. The Morgan fingerprint density at radius 3 is 2.54 bits per heavy atom. The molecule has 2 N–H and O–H groups in total. The van der Waals surface area contributed by atoms with Crippen LogP contribution in [0.4, 0.5) is 4.79 Å². The summed E-state index contributed by atoms with van der Waals surface area (Å²) in [6.07, 6.45) is 1.01. The van der Waals surface area contributed by atoms with Crippen LogP contribution in [0.2, 0.25) is 0 Å². The van der Waals surface area contributed by atoms with Gasteiger partial charge in [-0.1, -0.05) is 29.8 Å². The van der Waals surface area contributed by atoms with Crippen molar-refractivity contribution >= 4 is 28.0 Å². The van der Waals surface area contributed by atoms with Crippen molar-refractivity contribution in [1.29, 1.82) is 0 Å². The molecule has 1 aromatic heterocycles. The first-order valence-corrected chi connectivity index (χ1v) is 9.28. The molecule has 0 unspecified atom stereocenters. The maximum atomic E-state index is 12.9. The molecule has 26 heavy (non-hydrogen) atoms. The molecule has 2 atom stereocenters. The minimum atomic E-state index is -1.48. The van der Waals surface area contributed by atoms with Gasteiger partial charge >= 0.3 is 12.1 Å². The lowest BCUT2D eigenvalue weighted by molar-refractivity contribution is -0.170. The van der Waals surface area contributed by atoms with Crippen LogP contribution in [0.25, 0.3) is 0 Å². The van der Waals surface area contributed by atoms with Crippen molar-refractivity contribution < 1.29 is 24.2 Å². The van der Waals surface area contributed by atoms with Gasteiger partial charge in [0, 0.05) is 36.6 Å². The maximum Gasteiger partial charge on any atom is 0.404 e. The molecule has 0 aromatic carbocycles. The first-order valence-electron chi connectivity index (χ1n) is 8.49. The molecule has 1 saturated heterocycles. The number of aryl methyl sites for hydroxylation is 1. The summed E-state index contributed by atoms with van der Waals surface area (Å²) >= 11 is 3.46. The Morgan fingerprint density at radius 2 is 2.08 bits per heavy atom. The predicted octanol–water partition coefficient (Wildman–Crippen LogP) is 3.43. The molecule has 2 rings (SSSR count). The number of esters is 1. The second-order valence-electron chi connectivity index (χ2n) is 7.51. The van der Waals surface area contributed by atoms with E-state index < -0.39 is 29.5 Å². The summed E-state index contributed by atoms with van der Waals surface area (Å²) in [4.78, 5) is 28.6. The van der Waals surface area contributed by atoms with Crippen LogP contribution in [-0.4, -0.2) is 39.6 Å². The summed E-state index contributed by atoms with van der Waals surface area (Å²) in [5.74, 6) is -1.59. The average molecular weight is 429 g/mol. The zero-order valence-electron chi connectivity index (χ0n) is 15.6. The molecule has 0 spiro atoms. The van der Waals surface area contributed by atoms with E-state index in [0.29, 0.717) is 12.1 Å². The van der Waals surface area contributed by atoms with Crippen molar-refractivity contribution in [2.75, 3.05) is 0 Å². The number of amides is 1. The number of nitrogens with zero attached hydrogens (tertiary/aromatic N) is 1. The number of hydrogen-bond donors (Lipinski definition) is 2. The SMILES string of the molecule is Cc1cnc(C[C@]2([C@H](CC(C)C)NC(=O)O)OC(C)(C)OC2=O)cc1Br. The number of ether oxygens (including phenoxy) is 2. The number of aromatic nitrogens is 1. The lowest BCUT2D eigenvalue weighted by Crippen LogP contribution is -2.58. The predicted molar refractivity (Wildman–Crippen MR) is 98.8 cm³/mol. The highest BCUT2D eigenvalue weighted by Crippen LogP contribution is 2.39. The summed E-state index contributed by atoms with van der Waals surface area (Å²) in [5.41, 5.74) is 0.0897. The van der Waals surface area contributed by atoms with Crippen LogP contribution in [0, 0.1) is 12.8 Å². The Kier molecular flexibility index (Phi) is 5.97. The molecule has 7 nitrogen and oxygen atoms in total. The van der Waals surface area contributed by atoms with Crippen molar-refractivity contribution in [2.45, 2.75) is 64.9 Å². The molecule has 0 bridgehead atoms. The summed E-state index contributed by atoms with van der Waals surface area (Å²) in [5, 5.41) is 11.8. The third-order valence-corrected chi connectivity index (χ3v) is 5.07. The van der Waals surface area contributed by atoms with Gasteiger partial charge in [0.05, 0.1) is 6.04 Å². The van der Waals surface area contributed by atoms with Gasteiger partial charge in [0.1, 0.15) is 0 Å². The Bertz CT molecular complexity index is 707. The number of nitrogens with one attached hydrogen (secondary N) is 1. The van der Waals surface area contributed by atoms with Gasteiger partial charge in [0.2, 0.25) is 5.79 Å². The fourth-order valence-electron chi connectivity index (χ4n) is 3.15. The number of carbonyl (C=O) groups excluding carboxylic acids is 1. The lowest BCUT2D eigenvalue weighted by atomic mass is 9.84. The minimum absolute atomic E-state index is 0.103. The minimum Gasteiger partial charge on any atom is -0.465 e. The molecule has 1 fully saturated rings. The lowest BCUT2D eigenvalue weighted by Gasteiger charge is -2.35. The van der Waals surface area contributed by atoms with Gasteiger partial charge in [-0.15, -0.1) is 0 Å². The highest BCUT2D eigenvalue weighted by atomic mass is 79.9. The van der Waals surface area contributed by atoms with Crippen LogP contribution < -0.4 is 5.32 Å². The van der Waals surface area contributed by atoms with E-state index in [0.717, 1.165) is 10.0 Å². The van der Waals surface area contributed by atoms with Gasteiger partial charge in [0.15, 0.2) is 5.60 Å². The second-order valence-corrected chi connectivity index (χ2v) is 8.37.